The van der Waals surface area contributed by atoms with Gasteiger partial charge in [-0.25, -0.2) is 0 Å². The summed E-state index contributed by atoms with van der Waals surface area (Å²) in [5.74, 6) is 0.286. The Bertz CT molecular complexity index is 275. The Morgan fingerprint density at radius 3 is 2.17 bits per heavy atom. The Hall–Kier alpha value is -0.550. The highest BCUT2D eigenvalue weighted by Crippen LogP contribution is 2.32. The highest BCUT2D eigenvalue weighted by atomic mass is 15.2. The molecule has 2 heteroatoms. The number of hydrogen-bond acceptors (Lipinski definition) is 2. The van der Waals surface area contributed by atoms with Crippen LogP contribution in [0.1, 0.15) is 71.1 Å². The van der Waals surface area contributed by atoms with Crippen molar-refractivity contribution in [3.63, 3.8) is 0 Å². The van der Waals surface area contributed by atoms with Gasteiger partial charge in [0, 0.05) is 12.1 Å². The summed E-state index contributed by atoms with van der Waals surface area (Å²) in [5.41, 5.74) is 0. The molecule has 2 unspecified atom stereocenters. The van der Waals surface area contributed by atoms with Gasteiger partial charge in [-0.2, -0.15) is 5.26 Å². The molecule has 0 aliphatic heterocycles. The number of nitriles is 1. The van der Waals surface area contributed by atoms with Crippen LogP contribution in [0, 0.1) is 17.2 Å². The van der Waals surface area contributed by atoms with Gasteiger partial charge >= 0.3 is 0 Å². The fourth-order valence-corrected chi connectivity index (χ4v) is 4.01. The molecule has 2 aliphatic carbocycles. The minimum absolute atomic E-state index is 0.286. The molecule has 0 saturated heterocycles. The Balaban J connectivity index is 2.05. The number of nitrogens with zero attached hydrogens (tertiary/aromatic N) is 2. The molecule has 2 rings (SSSR count). The highest BCUT2D eigenvalue weighted by molar-refractivity contribution is 4.96. The van der Waals surface area contributed by atoms with Crippen LogP contribution in [0.5, 0.6) is 0 Å². The second-order valence-corrected chi connectivity index (χ2v) is 6.06. The molecule has 0 spiro atoms. The first-order valence-electron chi connectivity index (χ1n) is 8.02. The maximum Gasteiger partial charge on any atom is 0.0672 e. The first kappa shape index (κ1) is 13.9. The Morgan fingerprint density at radius 1 is 0.944 bits per heavy atom. The van der Waals surface area contributed by atoms with Crippen LogP contribution >= 0.6 is 0 Å². The van der Waals surface area contributed by atoms with E-state index in [-0.39, 0.29) is 5.92 Å². The lowest BCUT2D eigenvalue weighted by Crippen LogP contribution is -2.47. The SMILES string of the molecule is CCN(C1CCCCC1)C1CCCCCC1C#N. The van der Waals surface area contributed by atoms with Crippen LogP contribution < -0.4 is 0 Å². The summed E-state index contributed by atoms with van der Waals surface area (Å²) in [6.07, 6.45) is 13.2. The highest BCUT2D eigenvalue weighted by Gasteiger charge is 2.32. The van der Waals surface area contributed by atoms with Crippen LogP contribution in [-0.2, 0) is 0 Å². The van der Waals surface area contributed by atoms with E-state index in [0.29, 0.717) is 6.04 Å². The minimum atomic E-state index is 0.286. The maximum absolute atomic E-state index is 9.45. The largest absolute Gasteiger partial charge is 0.296 e. The van der Waals surface area contributed by atoms with Crippen LogP contribution in [0.2, 0.25) is 0 Å². The van der Waals surface area contributed by atoms with Crippen molar-refractivity contribution in [1.82, 2.24) is 4.90 Å². The first-order valence-corrected chi connectivity index (χ1v) is 8.02. The van der Waals surface area contributed by atoms with Gasteiger partial charge in [-0.1, -0.05) is 45.4 Å². The first-order chi connectivity index (χ1) is 8.86. The Kier molecular flexibility index (Phi) is 5.50. The molecular formula is C16H28N2. The number of rotatable bonds is 3. The van der Waals surface area contributed by atoms with Crippen molar-refractivity contribution in [3.8, 4) is 6.07 Å². The van der Waals surface area contributed by atoms with Crippen LogP contribution in [0.4, 0.5) is 0 Å². The zero-order valence-corrected chi connectivity index (χ0v) is 11.9. The van der Waals surface area contributed by atoms with E-state index < -0.39 is 0 Å². The number of hydrogen-bond donors (Lipinski definition) is 0. The average molecular weight is 248 g/mol. The van der Waals surface area contributed by atoms with Crippen LogP contribution in [0.15, 0.2) is 0 Å². The van der Waals surface area contributed by atoms with Gasteiger partial charge in [0.1, 0.15) is 0 Å². The van der Waals surface area contributed by atoms with E-state index in [9.17, 15) is 5.26 Å². The summed E-state index contributed by atoms with van der Waals surface area (Å²) < 4.78 is 0. The molecule has 0 radical (unpaired) electrons. The molecule has 2 atom stereocenters. The van der Waals surface area contributed by atoms with Crippen molar-refractivity contribution in [3.05, 3.63) is 0 Å². The van der Waals surface area contributed by atoms with E-state index in [4.69, 9.17) is 0 Å². The molecule has 102 valence electrons. The maximum atomic E-state index is 9.45. The standard InChI is InChI=1S/C16H28N2/c1-2-18(15-10-6-4-7-11-15)16-12-8-3-5-9-14(16)13-17/h14-16H,2-12H2,1H3. The topological polar surface area (TPSA) is 27.0 Å². The van der Waals surface area contributed by atoms with E-state index in [0.717, 1.165) is 19.0 Å². The van der Waals surface area contributed by atoms with Crippen molar-refractivity contribution in [2.24, 2.45) is 5.92 Å². The van der Waals surface area contributed by atoms with Gasteiger partial charge in [0.05, 0.1) is 12.0 Å². The van der Waals surface area contributed by atoms with Crippen LogP contribution in [-0.4, -0.2) is 23.5 Å². The van der Waals surface area contributed by atoms with Crippen LogP contribution in [0.3, 0.4) is 0 Å². The summed E-state index contributed by atoms with van der Waals surface area (Å²) in [6, 6.07) is 3.92. The fraction of sp³-hybridized carbons (Fsp3) is 0.938. The zero-order chi connectivity index (χ0) is 12.8. The Morgan fingerprint density at radius 2 is 1.56 bits per heavy atom. The molecule has 0 N–H and O–H groups in total. The van der Waals surface area contributed by atoms with Gasteiger partial charge in [0.25, 0.3) is 0 Å². The lowest BCUT2D eigenvalue weighted by Gasteiger charge is -2.40. The zero-order valence-electron chi connectivity index (χ0n) is 11.9. The van der Waals surface area contributed by atoms with Crippen molar-refractivity contribution in [2.75, 3.05) is 6.54 Å². The molecule has 2 aliphatic rings. The van der Waals surface area contributed by atoms with Crippen molar-refractivity contribution >= 4 is 0 Å². The van der Waals surface area contributed by atoms with Crippen molar-refractivity contribution in [2.45, 2.75) is 83.2 Å². The second kappa shape index (κ2) is 7.14. The second-order valence-electron chi connectivity index (χ2n) is 6.06. The average Bonchev–Trinajstić information content (AvgIpc) is 2.66. The molecule has 18 heavy (non-hydrogen) atoms. The molecule has 0 aromatic heterocycles. The molecular weight excluding hydrogens is 220 g/mol. The lowest BCUT2D eigenvalue weighted by atomic mass is 9.88. The predicted molar refractivity (Wildman–Crippen MR) is 75.2 cm³/mol. The molecule has 0 bridgehead atoms. The fourth-order valence-electron chi connectivity index (χ4n) is 4.01. The monoisotopic (exact) mass is 248 g/mol. The summed E-state index contributed by atoms with van der Waals surface area (Å²) in [6.45, 7) is 3.42. The van der Waals surface area contributed by atoms with E-state index in [1.807, 2.05) is 0 Å². The normalized spacial score (nSPS) is 30.9. The Labute approximate surface area is 112 Å². The van der Waals surface area contributed by atoms with Gasteiger partial charge < -0.3 is 0 Å². The molecule has 2 nitrogen and oxygen atoms in total. The third-order valence-corrected chi connectivity index (χ3v) is 4.98. The molecule has 0 heterocycles. The quantitative estimate of drug-likeness (QED) is 0.703. The molecule has 2 fully saturated rings. The van der Waals surface area contributed by atoms with Gasteiger partial charge in [-0.3, -0.25) is 4.90 Å². The van der Waals surface area contributed by atoms with Crippen LogP contribution in [0.25, 0.3) is 0 Å². The van der Waals surface area contributed by atoms with E-state index in [2.05, 4.69) is 17.9 Å². The summed E-state index contributed by atoms with van der Waals surface area (Å²) in [5, 5.41) is 9.45. The summed E-state index contributed by atoms with van der Waals surface area (Å²) in [4.78, 5) is 2.69. The van der Waals surface area contributed by atoms with Gasteiger partial charge in [0.15, 0.2) is 0 Å². The van der Waals surface area contributed by atoms with Crippen molar-refractivity contribution < 1.29 is 0 Å². The minimum Gasteiger partial charge on any atom is -0.296 e. The van der Waals surface area contributed by atoms with Gasteiger partial charge in [-0.05, 0) is 32.2 Å². The third-order valence-electron chi connectivity index (χ3n) is 4.98. The molecule has 2 saturated carbocycles. The van der Waals surface area contributed by atoms with Gasteiger partial charge in [0.2, 0.25) is 0 Å². The summed E-state index contributed by atoms with van der Waals surface area (Å²) >= 11 is 0. The van der Waals surface area contributed by atoms with E-state index >= 15 is 0 Å². The molecule has 0 aromatic carbocycles. The molecule has 0 amide bonds. The van der Waals surface area contributed by atoms with Crippen molar-refractivity contribution in [1.29, 1.82) is 5.26 Å². The van der Waals surface area contributed by atoms with Gasteiger partial charge in [-0.15, -0.1) is 0 Å². The lowest BCUT2D eigenvalue weighted by molar-refractivity contribution is 0.0837. The van der Waals surface area contributed by atoms with E-state index in [1.54, 1.807) is 0 Å². The predicted octanol–water partition coefficient (Wildman–Crippen LogP) is 4.11. The third kappa shape index (κ3) is 3.26. The summed E-state index contributed by atoms with van der Waals surface area (Å²) in [7, 11) is 0. The smallest absolute Gasteiger partial charge is 0.0672 e. The molecule has 0 aromatic rings. The van der Waals surface area contributed by atoms with E-state index in [1.165, 1.54) is 57.8 Å².